The first-order valence-electron chi connectivity index (χ1n) is 5.41. The molecule has 0 saturated heterocycles. The second kappa shape index (κ2) is 3.99. The van der Waals surface area contributed by atoms with Gasteiger partial charge < -0.3 is 5.73 Å². The van der Waals surface area contributed by atoms with Crippen molar-refractivity contribution in [2.24, 2.45) is 0 Å². The lowest BCUT2D eigenvalue weighted by atomic mass is 10.1. The molecule has 6 heteroatoms. The van der Waals surface area contributed by atoms with Gasteiger partial charge >= 0.3 is 0 Å². The van der Waals surface area contributed by atoms with E-state index in [0.717, 1.165) is 22.3 Å². The quantitative estimate of drug-likeness (QED) is 0.688. The highest BCUT2D eigenvalue weighted by Gasteiger charge is 2.07. The Bertz CT molecular complexity index is 710. The molecule has 3 aromatic rings. The topological polar surface area (TPSA) is 90.5 Å². The lowest BCUT2D eigenvalue weighted by Gasteiger charge is -2.05. The smallest absolute Gasteiger partial charge is 0.240 e. The van der Waals surface area contributed by atoms with Crippen molar-refractivity contribution in [2.75, 3.05) is 5.73 Å². The molecular formula is C12H10N6. The van der Waals surface area contributed by atoms with Gasteiger partial charge in [-0.25, -0.2) is 15.0 Å². The maximum atomic E-state index is 5.54. The molecule has 0 saturated carbocycles. The summed E-state index contributed by atoms with van der Waals surface area (Å²) >= 11 is 0. The van der Waals surface area contributed by atoms with E-state index in [0.29, 0.717) is 5.52 Å². The van der Waals surface area contributed by atoms with Crippen molar-refractivity contribution >= 4 is 17.0 Å². The molecule has 0 aliphatic carbocycles. The summed E-state index contributed by atoms with van der Waals surface area (Å²) in [6.07, 6.45) is 3.22. The van der Waals surface area contributed by atoms with E-state index in [4.69, 9.17) is 5.73 Å². The summed E-state index contributed by atoms with van der Waals surface area (Å²) < 4.78 is 0. The number of benzene rings is 1. The molecule has 0 aliphatic rings. The van der Waals surface area contributed by atoms with Gasteiger partial charge in [0.1, 0.15) is 11.8 Å². The summed E-state index contributed by atoms with van der Waals surface area (Å²) in [4.78, 5) is 12.3. The third kappa shape index (κ3) is 1.73. The van der Waals surface area contributed by atoms with Gasteiger partial charge in [0.15, 0.2) is 0 Å². The minimum atomic E-state index is 0.181. The fourth-order valence-corrected chi connectivity index (χ4v) is 1.83. The van der Waals surface area contributed by atoms with Crippen LogP contribution in [-0.4, -0.2) is 25.1 Å². The first kappa shape index (κ1) is 10.5. The van der Waals surface area contributed by atoms with Crippen LogP contribution in [0.25, 0.3) is 22.3 Å². The van der Waals surface area contributed by atoms with E-state index in [9.17, 15) is 0 Å². The van der Waals surface area contributed by atoms with Crippen LogP contribution in [0.4, 0.5) is 5.95 Å². The second-order valence-electron chi connectivity index (χ2n) is 3.93. The maximum Gasteiger partial charge on any atom is 0.240 e. The van der Waals surface area contributed by atoms with Gasteiger partial charge in [-0.3, -0.25) is 0 Å². The van der Waals surface area contributed by atoms with E-state index in [1.54, 1.807) is 6.20 Å². The Labute approximate surface area is 103 Å². The minimum absolute atomic E-state index is 0.181. The van der Waals surface area contributed by atoms with Gasteiger partial charge in [0.2, 0.25) is 5.95 Å². The van der Waals surface area contributed by atoms with Crippen LogP contribution in [0, 0.1) is 6.92 Å². The highest BCUT2D eigenvalue weighted by molar-refractivity contribution is 5.83. The van der Waals surface area contributed by atoms with E-state index in [2.05, 4.69) is 25.1 Å². The first-order valence-corrected chi connectivity index (χ1v) is 5.41. The standard InChI is InChI=1S/C12H10N6/c1-7-4-8(9-2-3-14-6-15-9)5-10-11(7)16-12(13)18-17-10/h2-6H,1H3,(H2,13,16,18). The summed E-state index contributed by atoms with van der Waals surface area (Å²) in [6, 6.07) is 5.74. The van der Waals surface area contributed by atoms with Crippen LogP contribution in [0.2, 0.25) is 0 Å². The molecule has 0 radical (unpaired) electrons. The summed E-state index contributed by atoms with van der Waals surface area (Å²) in [5.41, 5.74) is 9.80. The molecule has 0 fully saturated rings. The SMILES string of the molecule is Cc1cc(-c2ccncn2)cc2nnc(N)nc12. The van der Waals surface area contributed by atoms with Crippen LogP contribution in [0.3, 0.4) is 0 Å². The van der Waals surface area contributed by atoms with E-state index in [1.165, 1.54) is 6.33 Å². The molecule has 1 aromatic carbocycles. The number of nitrogens with two attached hydrogens (primary N) is 1. The van der Waals surface area contributed by atoms with Crippen LogP contribution in [-0.2, 0) is 0 Å². The van der Waals surface area contributed by atoms with Crippen LogP contribution >= 0.6 is 0 Å². The fraction of sp³-hybridized carbons (Fsp3) is 0.0833. The Morgan fingerprint density at radius 2 is 2.06 bits per heavy atom. The molecule has 0 bridgehead atoms. The van der Waals surface area contributed by atoms with E-state index in [-0.39, 0.29) is 5.95 Å². The minimum Gasteiger partial charge on any atom is -0.366 e. The van der Waals surface area contributed by atoms with Gasteiger partial charge in [0, 0.05) is 11.8 Å². The molecule has 3 rings (SSSR count). The number of fused-ring (bicyclic) bond motifs is 1. The predicted octanol–water partition coefficient (Wildman–Crippen LogP) is 1.37. The van der Waals surface area contributed by atoms with Crippen molar-refractivity contribution in [1.82, 2.24) is 25.1 Å². The Morgan fingerprint density at radius 3 is 2.83 bits per heavy atom. The Morgan fingerprint density at radius 1 is 1.17 bits per heavy atom. The van der Waals surface area contributed by atoms with E-state index in [1.807, 2.05) is 25.1 Å². The zero-order chi connectivity index (χ0) is 12.5. The lowest BCUT2D eigenvalue weighted by molar-refractivity contribution is 1.04. The van der Waals surface area contributed by atoms with E-state index < -0.39 is 0 Å². The average Bonchev–Trinajstić information content (AvgIpc) is 2.40. The number of hydrogen-bond acceptors (Lipinski definition) is 6. The predicted molar refractivity (Wildman–Crippen MR) is 67.5 cm³/mol. The fourth-order valence-electron chi connectivity index (χ4n) is 1.83. The Hall–Kier alpha value is -2.63. The molecule has 0 aliphatic heterocycles. The van der Waals surface area contributed by atoms with Gasteiger partial charge in [0.05, 0.1) is 11.2 Å². The van der Waals surface area contributed by atoms with Crippen molar-refractivity contribution in [2.45, 2.75) is 6.92 Å². The van der Waals surface area contributed by atoms with E-state index >= 15 is 0 Å². The normalized spacial score (nSPS) is 10.7. The number of nitrogens with zero attached hydrogens (tertiary/aromatic N) is 5. The molecule has 0 amide bonds. The highest BCUT2D eigenvalue weighted by atomic mass is 15.2. The molecule has 0 unspecified atom stereocenters. The molecule has 6 nitrogen and oxygen atoms in total. The van der Waals surface area contributed by atoms with Gasteiger partial charge in [-0.2, -0.15) is 0 Å². The summed E-state index contributed by atoms with van der Waals surface area (Å²) in [5.74, 6) is 0.181. The molecule has 0 spiro atoms. The maximum absolute atomic E-state index is 5.54. The van der Waals surface area contributed by atoms with Gasteiger partial charge in [0.25, 0.3) is 0 Å². The van der Waals surface area contributed by atoms with Crippen molar-refractivity contribution in [3.05, 3.63) is 36.3 Å². The van der Waals surface area contributed by atoms with Crippen LogP contribution < -0.4 is 5.73 Å². The number of aromatic nitrogens is 5. The molecule has 18 heavy (non-hydrogen) atoms. The van der Waals surface area contributed by atoms with Crippen molar-refractivity contribution < 1.29 is 0 Å². The van der Waals surface area contributed by atoms with Crippen LogP contribution in [0.1, 0.15) is 5.56 Å². The third-order valence-electron chi connectivity index (χ3n) is 2.64. The van der Waals surface area contributed by atoms with Crippen molar-refractivity contribution in [3.63, 3.8) is 0 Å². The number of rotatable bonds is 1. The Kier molecular flexibility index (Phi) is 2.33. The monoisotopic (exact) mass is 238 g/mol. The van der Waals surface area contributed by atoms with Crippen molar-refractivity contribution in [1.29, 1.82) is 0 Å². The van der Waals surface area contributed by atoms with Gasteiger partial charge in [-0.15, -0.1) is 10.2 Å². The third-order valence-corrected chi connectivity index (χ3v) is 2.64. The van der Waals surface area contributed by atoms with Crippen LogP contribution in [0.5, 0.6) is 0 Å². The summed E-state index contributed by atoms with van der Waals surface area (Å²) in [6.45, 7) is 1.96. The average molecular weight is 238 g/mol. The lowest BCUT2D eigenvalue weighted by Crippen LogP contribution is -1.99. The molecule has 0 atom stereocenters. The number of aryl methyl sites for hydroxylation is 1. The van der Waals surface area contributed by atoms with Crippen LogP contribution in [0.15, 0.2) is 30.7 Å². The summed E-state index contributed by atoms with van der Waals surface area (Å²) in [5, 5.41) is 7.81. The number of nitrogen functional groups attached to an aromatic ring is 1. The zero-order valence-electron chi connectivity index (χ0n) is 9.70. The van der Waals surface area contributed by atoms with Crippen molar-refractivity contribution in [3.8, 4) is 11.3 Å². The van der Waals surface area contributed by atoms with Gasteiger partial charge in [-0.1, -0.05) is 0 Å². The van der Waals surface area contributed by atoms with Gasteiger partial charge in [-0.05, 0) is 30.7 Å². The largest absolute Gasteiger partial charge is 0.366 e. The Balaban J connectivity index is 2.25. The molecule has 88 valence electrons. The number of anilines is 1. The first-order chi connectivity index (χ1) is 8.74. The molecule has 2 heterocycles. The molecule has 2 N–H and O–H groups in total. The summed E-state index contributed by atoms with van der Waals surface area (Å²) in [7, 11) is 0. The molecule has 2 aromatic heterocycles. The highest BCUT2D eigenvalue weighted by Crippen LogP contribution is 2.23. The number of hydrogen-bond donors (Lipinski definition) is 1. The second-order valence-corrected chi connectivity index (χ2v) is 3.93. The zero-order valence-corrected chi connectivity index (χ0v) is 9.70. The molecular weight excluding hydrogens is 228 g/mol.